The molecule has 4 rings (SSSR count). The summed E-state index contributed by atoms with van der Waals surface area (Å²) in [6, 6.07) is 7.98. The fourth-order valence-electron chi connectivity index (χ4n) is 3.41. The predicted octanol–water partition coefficient (Wildman–Crippen LogP) is 4.16. The van der Waals surface area contributed by atoms with Crippen LogP contribution in [0.15, 0.2) is 42.7 Å². The molecule has 2 N–H and O–H groups in total. The van der Waals surface area contributed by atoms with Crippen molar-refractivity contribution in [3.05, 3.63) is 58.9 Å². The van der Waals surface area contributed by atoms with Gasteiger partial charge in [-0.05, 0) is 45.4 Å². The second kappa shape index (κ2) is 11.0. The third-order valence-electron chi connectivity index (χ3n) is 5.53. The van der Waals surface area contributed by atoms with E-state index in [0.717, 1.165) is 19.5 Å². The third-order valence-corrected chi connectivity index (χ3v) is 5.80. The lowest BCUT2D eigenvalue weighted by atomic mass is 10.1. The van der Waals surface area contributed by atoms with Crippen LogP contribution < -0.4 is 14.8 Å². The molecule has 0 bridgehead atoms. The van der Waals surface area contributed by atoms with Crippen LogP contribution in [0.25, 0.3) is 0 Å². The summed E-state index contributed by atoms with van der Waals surface area (Å²) in [4.78, 5) is 31.3. The van der Waals surface area contributed by atoms with E-state index in [4.69, 9.17) is 21.1 Å². The number of aliphatic hydroxyl groups excluding tert-OH is 1. The molecule has 36 heavy (non-hydrogen) atoms. The van der Waals surface area contributed by atoms with Gasteiger partial charge in [-0.3, -0.25) is 14.3 Å². The molecule has 0 saturated carbocycles. The number of rotatable bonds is 9. The molecule has 0 spiro atoms. The van der Waals surface area contributed by atoms with Gasteiger partial charge in [0, 0.05) is 49.2 Å². The molecule has 2 aromatic heterocycles. The van der Waals surface area contributed by atoms with Crippen LogP contribution in [-0.4, -0.2) is 62.4 Å². The van der Waals surface area contributed by atoms with Crippen molar-refractivity contribution in [2.24, 2.45) is 0 Å². The molecule has 10 nitrogen and oxygen atoms in total. The smallest absolute Gasteiger partial charge is 0.257 e. The number of likely N-dealkylation sites (tertiary alicyclic amines) is 1. The van der Waals surface area contributed by atoms with E-state index in [1.54, 1.807) is 34.8 Å². The Kier molecular flexibility index (Phi) is 7.76. The maximum absolute atomic E-state index is 13.0. The molecule has 3 heterocycles. The summed E-state index contributed by atoms with van der Waals surface area (Å²) in [7, 11) is 0. The molecule has 1 saturated heterocycles. The van der Waals surface area contributed by atoms with Gasteiger partial charge in [-0.15, -0.1) is 0 Å². The second-order valence-corrected chi connectivity index (χ2v) is 9.20. The first kappa shape index (κ1) is 25.5. The average Bonchev–Trinajstić information content (AvgIpc) is 3.28. The Labute approximate surface area is 213 Å². The summed E-state index contributed by atoms with van der Waals surface area (Å²) < 4.78 is 13.3. The van der Waals surface area contributed by atoms with Gasteiger partial charge < -0.3 is 24.8 Å². The van der Waals surface area contributed by atoms with E-state index in [2.05, 4.69) is 15.4 Å². The van der Waals surface area contributed by atoms with Crippen molar-refractivity contribution in [1.29, 1.82) is 0 Å². The van der Waals surface area contributed by atoms with Gasteiger partial charge in [-0.1, -0.05) is 11.6 Å². The molecule has 0 unspecified atom stereocenters. The standard InChI is InChI=1S/C25H28ClN5O5/c1-15(2)31-8-5-22(29-31)28-23(33)17-9-19(35-16(3)14-32)12-20(10-17)36-24-21(26)11-18(13-27-24)25(34)30-6-4-7-30/h5,8-13,15-16,32H,4,6-7,14H2,1-3H3,(H,28,29,33)/t16-/m0/s1. The Hall–Kier alpha value is -3.63. The topological polar surface area (TPSA) is 119 Å². The number of nitrogens with zero attached hydrogens (tertiary/aromatic N) is 4. The van der Waals surface area contributed by atoms with Crippen LogP contribution in [0.4, 0.5) is 5.82 Å². The molecule has 1 aliphatic heterocycles. The first-order valence-electron chi connectivity index (χ1n) is 11.6. The van der Waals surface area contributed by atoms with Crippen LogP contribution in [-0.2, 0) is 0 Å². The number of anilines is 1. The summed E-state index contributed by atoms with van der Waals surface area (Å²) in [6.45, 7) is 6.89. The quantitative estimate of drug-likeness (QED) is 0.441. The van der Waals surface area contributed by atoms with Crippen molar-refractivity contribution in [2.45, 2.75) is 39.3 Å². The Morgan fingerprint density at radius 1 is 1.14 bits per heavy atom. The monoisotopic (exact) mass is 513 g/mol. The van der Waals surface area contributed by atoms with Crippen molar-refractivity contribution in [3.8, 4) is 17.4 Å². The van der Waals surface area contributed by atoms with Gasteiger partial charge in [0.15, 0.2) is 5.82 Å². The number of carbonyl (C=O) groups excluding carboxylic acids is 2. The number of hydrogen-bond acceptors (Lipinski definition) is 7. The highest BCUT2D eigenvalue weighted by Gasteiger charge is 2.23. The highest BCUT2D eigenvalue weighted by Crippen LogP contribution is 2.32. The van der Waals surface area contributed by atoms with Crippen LogP contribution in [0, 0.1) is 0 Å². The summed E-state index contributed by atoms with van der Waals surface area (Å²) in [5.74, 6) is 0.476. The minimum Gasteiger partial charge on any atom is -0.488 e. The molecule has 1 fully saturated rings. The number of halogens is 1. The number of hydrogen-bond donors (Lipinski definition) is 2. The Balaban J connectivity index is 1.57. The number of carbonyl (C=O) groups is 2. The normalized spacial score (nSPS) is 13.8. The van der Waals surface area contributed by atoms with E-state index in [1.165, 1.54) is 24.4 Å². The third kappa shape index (κ3) is 5.95. The number of aliphatic hydroxyl groups is 1. The average molecular weight is 514 g/mol. The molecule has 2 amide bonds. The van der Waals surface area contributed by atoms with Gasteiger partial charge in [0.05, 0.1) is 12.2 Å². The van der Waals surface area contributed by atoms with E-state index in [0.29, 0.717) is 17.1 Å². The van der Waals surface area contributed by atoms with Gasteiger partial charge in [0.25, 0.3) is 11.8 Å². The number of aromatic nitrogens is 3. The fraction of sp³-hybridized carbons (Fsp3) is 0.360. The molecule has 0 aliphatic carbocycles. The number of ether oxygens (including phenoxy) is 2. The first-order chi connectivity index (χ1) is 17.2. The fourth-order valence-corrected chi connectivity index (χ4v) is 3.62. The van der Waals surface area contributed by atoms with Gasteiger partial charge in [0.1, 0.15) is 22.6 Å². The van der Waals surface area contributed by atoms with Crippen LogP contribution in [0.3, 0.4) is 0 Å². The van der Waals surface area contributed by atoms with E-state index in [-0.39, 0.29) is 40.8 Å². The number of amides is 2. The largest absolute Gasteiger partial charge is 0.488 e. The Bertz CT molecular complexity index is 1260. The van der Waals surface area contributed by atoms with Crippen LogP contribution in [0.5, 0.6) is 17.4 Å². The highest BCUT2D eigenvalue weighted by molar-refractivity contribution is 6.32. The lowest BCUT2D eigenvalue weighted by Gasteiger charge is -2.30. The summed E-state index contributed by atoms with van der Waals surface area (Å²) in [6.07, 6.45) is 3.67. The molecule has 0 radical (unpaired) electrons. The minimum atomic E-state index is -0.508. The van der Waals surface area contributed by atoms with Gasteiger partial charge in [-0.2, -0.15) is 5.10 Å². The van der Waals surface area contributed by atoms with Crippen molar-refractivity contribution < 1.29 is 24.2 Å². The molecule has 1 aliphatic rings. The SMILES string of the molecule is CC(C)n1ccc(NC(=O)c2cc(Oc3ncc(C(=O)N4CCC4)cc3Cl)cc(O[C@@H](C)CO)c2)n1. The van der Waals surface area contributed by atoms with Crippen molar-refractivity contribution in [3.63, 3.8) is 0 Å². The first-order valence-corrected chi connectivity index (χ1v) is 12.0. The predicted molar refractivity (Wildman–Crippen MR) is 134 cm³/mol. The highest BCUT2D eigenvalue weighted by atomic mass is 35.5. The minimum absolute atomic E-state index is 0.0752. The zero-order chi connectivity index (χ0) is 25.8. The molecule has 3 aromatic rings. The summed E-state index contributed by atoms with van der Waals surface area (Å²) in [5.41, 5.74) is 0.620. The summed E-state index contributed by atoms with van der Waals surface area (Å²) in [5, 5.41) is 16.6. The van der Waals surface area contributed by atoms with E-state index >= 15 is 0 Å². The Morgan fingerprint density at radius 2 is 1.89 bits per heavy atom. The lowest BCUT2D eigenvalue weighted by molar-refractivity contribution is 0.0651. The zero-order valence-corrected chi connectivity index (χ0v) is 21.0. The van der Waals surface area contributed by atoms with Gasteiger partial charge >= 0.3 is 0 Å². The van der Waals surface area contributed by atoms with E-state index in [1.807, 2.05) is 13.8 Å². The van der Waals surface area contributed by atoms with E-state index in [9.17, 15) is 14.7 Å². The van der Waals surface area contributed by atoms with Crippen molar-refractivity contribution in [1.82, 2.24) is 19.7 Å². The number of nitrogens with one attached hydrogen (secondary N) is 1. The van der Waals surface area contributed by atoms with Crippen molar-refractivity contribution >= 4 is 29.2 Å². The number of benzene rings is 1. The Morgan fingerprint density at radius 3 is 2.50 bits per heavy atom. The maximum atomic E-state index is 13.0. The lowest BCUT2D eigenvalue weighted by Crippen LogP contribution is -2.42. The van der Waals surface area contributed by atoms with Crippen LogP contribution >= 0.6 is 11.6 Å². The molecule has 1 aromatic carbocycles. The van der Waals surface area contributed by atoms with Gasteiger partial charge in [-0.25, -0.2) is 4.98 Å². The van der Waals surface area contributed by atoms with Crippen LogP contribution in [0.1, 0.15) is 53.9 Å². The van der Waals surface area contributed by atoms with Gasteiger partial charge in [0.2, 0.25) is 5.88 Å². The maximum Gasteiger partial charge on any atom is 0.257 e. The molecular weight excluding hydrogens is 486 g/mol. The van der Waals surface area contributed by atoms with E-state index < -0.39 is 12.0 Å². The summed E-state index contributed by atoms with van der Waals surface area (Å²) >= 11 is 6.36. The molecular formula is C25H28ClN5O5. The number of pyridine rings is 1. The molecule has 190 valence electrons. The molecule has 11 heteroatoms. The van der Waals surface area contributed by atoms with Crippen LogP contribution in [0.2, 0.25) is 5.02 Å². The zero-order valence-electron chi connectivity index (χ0n) is 20.3. The molecule has 1 atom stereocenters. The van der Waals surface area contributed by atoms with Crippen molar-refractivity contribution in [2.75, 3.05) is 25.0 Å². The second-order valence-electron chi connectivity index (χ2n) is 8.79.